The number of benzene rings is 2. The zero-order valence-corrected chi connectivity index (χ0v) is 12.4. The summed E-state index contributed by atoms with van der Waals surface area (Å²) in [6.07, 6.45) is 0. The molecular formula is C15H15BrN2O. The van der Waals surface area contributed by atoms with Crippen LogP contribution in [0.25, 0.3) is 0 Å². The minimum absolute atomic E-state index is 0.144. The topological polar surface area (TPSA) is 55.1 Å². The quantitative estimate of drug-likeness (QED) is 0.825. The van der Waals surface area contributed by atoms with Crippen LogP contribution in [0.1, 0.15) is 21.5 Å². The average molecular weight is 319 g/mol. The molecule has 3 nitrogen and oxygen atoms in total. The van der Waals surface area contributed by atoms with Crippen molar-refractivity contribution in [3.8, 4) is 0 Å². The first-order chi connectivity index (χ1) is 8.97. The van der Waals surface area contributed by atoms with Crippen molar-refractivity contribution in [3.63, 3.8) is 0 Å². The lowest BCUT2D eigenvalue weighted by Crippen LogP contribution is -2.12. The van der Waals surface area contributed by atoms with Crippen molar-refractivity contribution in [3.05, 3.63) is 57.6 Å². The first-order valence-electron chi connectivity index (χ1n) is 5.91. The lowest BCUT2D eigenvalue weighted by molar-refractivity contribution is 0.102. The largest absolute Gasteiger partial charge is 0.399 e. The molecule has 0 aliphatic carbocycles. The number of carbonyl (C=O) groups excluding carboxylic acids is 1. The van der Waals surface area contributed by atoms with Crippen molar-refractivity contribution in [2.75, 3.05) is 11.1 Å². The van der Waals surface area contributed by atoms with Gasteiger partial charge in [0.15, 0.2) is 0 Å². The van der Waals surface area contributed by atoms with E-state index in [0.717, 1.165) is 21.3 Å². The number of anilines is 2. The maximum atomic E-state index is 12.2. The molecule has 0 bridgehead atoms. The number of nitrogens with one attached hydrogen (secondary N) is 1. The summed E-state index contributed by atoms with van der Waals surface area (Å²) in [6, 6.07) is 11.1. The summed E-state index contributed by atoms with van der Waals surface area (Å²) < 4.78 is 0.860. The molecule has 2 rings (SSSR count). The summed E-state index contributed by atoms with van der Waals surface area (Å²) in [5.74, 6) is -0.144. The van der Waals surface area contributed by atoms with Gasteiger partial charge in [-0.15, -0.1) is 0 Å². The van der Waals surface area contributed by atoms with Crippen LogP contribution in [0.15, 0.2) is 40.9 Å². The van der Waals surface area contributed by atoms with E-state index in [4.69, 9.17) is 5.73 Å². The van der Waals surface area contributed by atoms with Crippen LogP contribution in [0.5, 0.6) is 0 Å². The lowest BCUT2D eigenvalue weighted by atomic mass is 10.1. The van der Waals surface area contributed by atoms with Crippen LogP contribution in [0.3, 0.4) is 0 Å². The molecule has 0 heterocycles. The minimum atomic E-state index is -0.144. The first kappa shape index (κ1) is 13.6. The standard InChI is InChI=1S/C15H15BrN2O/c1-9-3-5-12(16)14(7-9)18-15(19)11-4-6-13(17)10(2)8-11/h3-8H,17H2,1-2H3,(H,18,19). The Hall–Kier alpha value is -1.81. The van der Waals surface area contributed by atoms with Crippen LogP contribution < -0.4 is 11.1 Å². The highest BCUT2D eigenvalue weighted by Crippen LogP contribution is 2.24. The third kappa shape index (κ3) is 3.15. The third-order valence-electron chi connectivity index (χ3n) is 2.90. The molecule has 19 heavy (non-hydrogen) atoms. The molecule has 2 aromatic rings. The molecule has 0 aromatic heterocycles. The van der Waals surface area contributed by atoms with Gasteiger partial charge in [0.2, 0.25) is 0 Å². The van der Waals surface area contributed by atoms with Gasteiger partial charge in [-0.2, -0.15) is 0 Å². The SMILES string of the molecule is Cc1ccc(Br)c(NC(=O)c2ccc(N)c(C)c2)c1. The summed E-state index contributed by atoms with van der Waals surface area (Å²) in [5.41, 5.74) is 9.78. The molecule has 4 heteroatoms. The average Bonchev–Trinajstić information content (AvgIpc) is 2.37. The summed E-state index contributed by atoms with van der Waals surface area (Å²) in [7, 11) is 0. The molecule has 0 saturated heterocycles. The summed E-state index contributed by atoms with van der Waals surface area (Å²) in [4.78, 5) is 12.2. The highest BCUT2D eigenvalue weighted by atomic mass is 79.9. The van der Waals surface area contributed by atoms with E-state index < -0.39 is 0 Å². The minimum Gasteiger partial charge on any atom is -0.399 e. The van der Waals surface area contributed by atoms with E-state index in [-0.39, 0.29) is 5.91 Å². The number of aryl methyl sites for hydroxylation is 2. The number of amides is 1. The fourth-order valence-corrected chi connectivity index (χ4v) is 2.09. The Labute approximate surface area is 121 Å². The van der Waals surface area contributed by atoms with Gasteiger partial charge in [-0.1, -0.05) is 6.07 Å². The zero-order chi connectivity index (χ0) is 14.0. The molecule has 2 aromatic carbocycles. The smallest absolute Gasteiger partial charge is 0.255 e. The first-order valence-corrected chi connectivity index (χ1v) is 6.70. The molecule has 98 valence electrons. The second-order valence-corrected chi connectivity index (χ2v) is 5.36. The predicted molar refractivity (Wildman–Crippen MR) is 82.4 cm³/mol. The lowest BCUT2D eigenvalue weighted by Gasteiger charge is -2.09. The van der Waals surface area contributed by atoms with Gasteiger partial charge < -0.3 is 11.1 Å². The van der Waals surface area contributed by atoms with E-state index in [1.807, 2.05) is 32.0 Å². The van der Waals surface area contributed by atoms with Gasteiger partial charge in [0, 0.05) is 15.7 Å². The Morgan fingerprint density at radius 1 is 1.16 bits per heavy atom. The molecule has 0 aliphatic heterocycles. The fourth-order valence-electron chi connectivity index (χ4n) is 1.75. The van der Waals surface area contributed by atoms with Crippen LogP contribution in [-0.4, -0.2) is 5.91 Å². The maximum absolute atomic E-state index is 12.2. The Morgan fingerprint density at radius 2 is 1.89 bits per heavy atom. The highest BCUT2D eigenvalue weighted by Gasteiger charge is 2.09. The van der Waals surface area contributed by atoms with Gasteiger partial charge >= 0.3 is 0 Å². The van der Waals surface area contributed by atoms with E-state index in [9.17, 15) is 4.79 Å². The molecule has 0 aliphatic rings. The van der Waals surface area contributed by atoms with Crippen molar-refractivity contribution in [1.29, 1.82) is 0 Å². The molecule has 0 atom stereocenters. The van der Waals surface area contributed by atoms with E-state index in [0.29, 0.717) is 11.3 Å². The molecule has 0 unspecified atom stereocenters. The second kappa shape index (κ2) is 5.45. The molecular weight excluding hydrogens is 304 g/mol. The van der Waals surface area contributed by atoms with E-state index in [1.165, 1.54) is 0 Å². The van der Waals surface area contributed by atoms with Crippen LogP contribution in [0, 0.1) is 13.8 Å². The van der Waals surface area contributed by atoms with Gasteiger partial charge in [-0.05, 0) is 71.2 Å². The van der Waals surface area contributed by atoms with Crippen LogP contribution >= 0.6 is 15.9 Å². The van der Waals surface area contributed by atoms with Gasteiger partial charge in [-0.25, -0.2) is 0 Å². The van der Waals surface area contributed by atoms with E-state index in [1.54, 1.807) is 18.2 Å². The fraction of sp³-hybridized carbons (Fsp3) is 0.133. The maximum Gasteiger partial charge on any atom is 0.255 e. The van der Waals surface area contributed by atoms with Crippen molar-refractivity contribution >= 4 is 33.2 Å². The normalized spacial score (nSPS) is 10.3. The summed E-state index contributed by atoms with van der Waals surface area (Å²) in [5, 5.41) is 2.89. The van der Waals surface area contributed by atoms with Crippen molar-refractivity contribution < 1.29 is 4.79 Å². The molecule has 0 spiro atoms. The number of hydrogen-bond donors (Lipinski definition) is 2. The summed E-state index contributed by atoms with van der Waals surface area (Å²) in [6.45, 7) is 3.87. The molecule has 3 N–H and O–H groups in total. The van der Waals surface area contributed by atoms with Gasteiger partial charge in [0.25, 0.3) is 5.91 Å². The number of halogens is 1. The molecule has 0 fully saturated rings. The van der Waals surface area contributed by atoms with Gasteiger partial charge in [0.1, 0.15) is 0 Å². The van der Waals surface area contributed by atoms with E-state index >= 15 is 0 Å². The predicted octanol–water partition coefficient (Wildman–Crippen LogP) is 3.90. The molecule has 0 saturated carbocycles. The third-order valence-corrected chi connectivity index (χ3v) is 3.59. The zero-order valence-electron chi connectivity index (χ0n) is 10.8. The highest BCUT2D eigenvalue weighted by molar-refractivity contribution is 9.10. The van der Waals surface area contributed by atoms with Crippen LogP contribution in [0.4, 0.5) is 11.4 Å². The summed E-state index contributed by atoms with van der Waals surface area (Å²) >= 11 is 3.42. The number of nitrogens with two attached hydrogens (primary N) is 1. The van der Waals surface area contributed by atoms with E-state index in [2.05, 4.69) is 21.2 Å². The number of hydrogen-bond acceptors (Lipinski definition) is 2. The monoisotopic (exact) mass is 318 g/mol. The van der Waals surface area contributed by atoms with Gasteiger partial charge in [0.05, 0.1) is 5.69 Å². The Kier molecular flexibility index (Phi) is 3.90. The number of nitrogen functional groups attached to an aromatic ring is 1. The molecule has 0 radical (unpaired) electrons. The van der Waals surface area contributed by atoms with Crippen LogP contribution in [-0.2, 0) is 0 Å². The van der Waals surface area contributed by atoms with Crippen molar-refractivity contribution in [1.82, 2.24) is 0 Å². The number of carbonyl (C=O) groups is 1. The number of rotatable bonds is 2. The Balaban J connectivity index is 2.25. The van der Waals surface area contributed by atoms with Crippen molar-refractivity contribution in [2.24, 2.45) is 0 Å². The molecule has 1 amide bonds. The van der Waals surface area contributed by atoms with Crippen LogP contribution in [0.2, 0.25) is 0 Å². The Bertz CT molecular complexity index is 638. The Morgan fingerprint density at radius 3 is 2.58 bits per heavy atom. The van der Waals surface area contributed by atoms with Gasteiger partial charge in [-0.3, -0.25) is 4.79 Å². The second-order valence-electron chi connectivity index (χ2n) is 4.51. The van der Waals surface area contributed by atoms with Crippen molar-refractivity contribution in [2.45, 2.75) is 13.8 Å².